The molecule has 1 aliphatic heterocycles. The molecule has 0 spiro atoms. The minimum Gasteiger partial charge on any atom is -0.394 e. The van der Waals surface area contributed by atoms with E-state index in [9.17, 15) is 24.3 Å². The van der Waals surface area contributed by atoms with Crippen molar-refractivity contribution < 1.29 is 24.2 Å². The summed E-state index contributed by atoms with van der Waals surface area (Å²) in [6.45, 7) is -0.496. The Morgan fingerprint density at radius 1 is 1.43 bits per heavy atom. The minimum atomic E-state index is -4.49. The van der Waals surface area contributed by atoms with Crippen LogP contribution >= 0.6 is 7.60 Å². The SMILES string of the molecule is Nc1nc2c(ncn2[C@@H]2C=C[C@@H](P(=O)(O)O)O[C@@H]2CO)c(=O)[nH]1. The largest absolute Gasteiger partial charge is 0.394 e. The number of nitrogen functional groups attached to an aromatic ring is 1. The summed E-state index contributed by atoms with van der Waals surface area (Å²) in [5.41, 5.74) is 5.24. The van der Waals surface area contributed by atoms with Crippen LogP contribution in [-0.4, -0.2) is 53.0 Å². The molecule has 12 heteroatoms. The van der Waals surface area contributed by atoms with Crippen molar-refractivity contribution in [1.29, 1.82) is 0 Å². The first kappa shape index (κ1) is 15.8. The van der Waals surface area contributed by atoms with Crippen molar-refractivity contribution in [3.63, 3.8) is 0 Å². The second-order valence-electron chi connectivity index (χ2n) is 4.99. The normalized spacial score (nSPS) is 25.1. The molecule has 6 N–H and O–H groups in total. The van der Waals surface area contributed by atoms with Gasteiger partial charge in [-0.2, -0.15) is 4.98 Å². The van der Waals surface area contributed by atoms with Crippen LogP contribution < -0.4 is 11.3 Å². The maximum Gasteiger partial charge on any atom is 0.357 e. The molecule has 2 aromatic heterocycles. The van der Waals surface area contributed by atoms with Gasteiger partial charge in [-0.1, -0.05) is 6.08 Å². The average molecular weight is 343 g/mol. The van der Waals surface area contributed by atoms with Gasteiger partial charge >= 0.3 is 7.60 Å². The smallest absolute Gasteiger partial charge is 0.357 e. The van der Waals surface area contributed by atoms with Gasteiger partial charge in [0, 0.05) is 0 Å². The number of nitrogens with zero attached hydrogens (tertiary/aromatic N) is 3. The topological polar surface area (TPSA) is 177 Å². The Labute approximate surface area is 128 Å². The number of hydrogen-bond acceptors (Lipinski definition) is 7. The molecule has 3 heterocycles. The van der Waals surface area contributed by atoms with Gasteiger partial charge in [0.2, 0.25) is 5.95 Å². The van der Waals surface area contributed by atoms with E-state index < -0.39 is 37.8 Å². The second kappa shape index (κ2) is 5.55. The number of H-pyrrole nitrogens is 1. The molecule has 0 saturated heterocycles. The lowest BCUT2D eigenvalue weighted by molar-refractivity contribution is -0.0251. The molecule has 1 aliphatic rings. The van der Waals surface area contributed by atoms with Crippen LogP contribution in [0.5, 0.6) is 0 Å². The van der Waals surface area contributed by atoms with Gasteiger partial charge in [-0.05, 0) is 6.08 Å². The molecule has 3 rings (SSSR count). The second-order valence-corrected chi connectivity index (χ2v) is 6.67. The van der Waals surface area contributed by atoms with E-state index in [1.54, 1.807) is 0 Å². The van der Waals surface area contributed by atoms with Crippen LogP contribution in [0.3, 0.4) is 0 Å². The number of fused-ring (bicyclic) bond motifs is 1. The Balaban J connectivity index is 2.08. The Morgan fingerprint density at radius 2 is 2.17 bits per heavy atom. The predicted octanol–water partition coefficient (Wildman–Crippen LogP) is -1.31. The van der Waals surface area contributed by atoms with Gasteiger partial charge in [-0.15, -0.1) is 0 Å². The molecule has 11 nitrogen and oxygen atoms in total. The summed E-state index contributed by atoms with van der Waals surface area (Å²) in [6, 6.07) is -0.651. The van der Waals surface area contributed by atoms with Crippen molar-refractivity contribution in [3.8, 4) is 0 Å². The highest BCUT2D eigenvalue weighted by molar-refractivity contribution is 7.52. The summed E-state index contributed by atoms with van der Waals surface area (Å²) in [5.74, 6) is -1.54. The number of anilines is 1. The number of aromatic amines is 1. The fourth-order valence-corrected chi connectivity index (χ4v) is 3.05. The summed E-state index contributed by atoms with van der Waals surface area (Å²) < 4.78 is 18.0. The van der Waals surface area contributed by atoms with Crippen molar-refractivity contribution in [2.45, 2.75) is 18.0 Å². The number of aliphatic hydroxyl groups is 1. The van der Waals surface area contributed by atoms with E-state index in [0.29, 0.717) is 0 Å². The molecule has 0 radical (unpaired) electrons. The number of nitrogens with one attached hydrogen (secondary N) is 1. The molecule has 0 fully saturated rings. The Kier molecular flexibility index (Phi) is 3.82. The van der Waals surface area contributed by atoms with Gasteiger partial charge in [-0.25, -0.2) is 4.98 Å². The summed E-state index contributed by atoms with van der Waals surface area (Å²) in [6.07, 6.45) is 3.05. The number of imidazole rings is 1. The van der Waals surface area contributed by atoms with Crippen molar-refractivity contribution in [2.75, 3.05) is 12.3 Å². The first-order valence-corrected chi connectivity index (χ1v) is 8.21. The van der Waals surface area contributed by atoms with Gasteiger partial charge in [-0.3, -0.25) is 14.3 Å². The summed E-state index contributed by atoms with van der Waals surface area (Å²) in [7, 11) is -4.49. The molecule has 0 bridgehead atoms. The van der Waals surface area contributed by atoms with Crippen LogP contribution in [0.15, 0.2) is 23.3 Å². The van der Waals surface area contributed by atoms with Crippen molar-refractivity contribution >= 4 is 24.7 Å². The standard InChI is InChI=1S/C11H14N5O6P/c12-11-14-9-8(10(18)15-11)13-4-16(9)5-1-2-7(23(19,20)21)22-6(5)3-17/h1-2,4-7,17H,3H2,(H2,19,20,21)(H3,12,14,15,18)/t5-,6-,7-/m1/s1. The molecule has 0 aliphatic carbocycles. The lowest BCUT2D eigenvalue weighted by atomic mass is 10.1. The summed E-state index contributed by atoms with van der Waals surface area (Å²) >= 11 is 0. The first-order chi connectivity index (χ1) is 10.8. The maximum atomic E-state index is 11.8. The van der Waals surface area contributed by atoms with Crippen LogP contribution in [-0.2, 0) is 9.30 Å². The van der Waals surface area contributed by atoms with Gasteiger partial charge in [0.05, 0.1) is 19.0 Å². The number of ether oxygens (including phenoxy) is 1. The number of aliphatic hydroxyl groups excluding tert-OH is 1. The van der Waals surface area contributed by atoms with Crippen LogP contribution in [0, 0.1) is 0 Å². The zero-order valence-corrected chi connectivity index (χ0v) is 12.5. The van der Waals surface area contributed by atoms with E-state index in [0.717, 1.165) is 0 Å². The van der Waals surface area contributed by atoms with Crippen LogP contribution in [0.2, 0.25) is 0 Å². The van der Waals surface area contributed by atoms with Crippen molar-refractivity contribution in [2.24, 2.45) is 0 Å². The molecule has 124 valence electrons. The van der Waals surface area contributed by atoms with Crippen LogP contribution in [0.4, 0.5) is 5.95 Å². The van der Waals surface area contributed by atoms with E-state index in [-0.39, 0.29) is 17.1 Å². The average Bonchev–Trinajstić information content (AvgIpc) is 2.89. The highest BCUT2D eigenvalue weighted by Crippen LogP contribution is 2.46. The van der Waals surface area contributed by atoms with E-state index in [1.807, 2.05) is 0 Å². The molecule has 0 aromatic carbocycles. The zero-order chi connectivity index (χ0) is 16.8. The minimum absolute atomic E-state index is 0.0569. The van der Waals surface area contributed by atoms with Crippen LogP contribution in [0.1, 0.15) is 6.04 Å². The van der Waals surface area contributed by atoms with E-state index in [2.05, 4.69) is 15.0 Å². The third kappa shape index (κ3) is 2.80. The lowest BCUT2D eigenvalue weighted by Gasteiger charge is -2.32. The molecule has 0 unspecified atom stereocenters. The van der Waals surface area contributed by atoms with Crippen molar-refractivity contribution in [1.82, 2.24) is 19.5 Å². The maximum absolute atomic E-state index is 11.8. The molecule has 23 heavy (non-hydrogen) atoms. The lowest BCUT2D eigenvalue weighted by Crippen LogP contribution is -2.35. The van der Waals surface area contributed by atoms with Crippen LogP contribution in [0.25, 0.3) is 11.2 Å². The number of aromatic nitrogens is 4. The molecular weight excluding hydrogens is 329 g/mol. The Hall–Kier alpha value is -2.04. The molecule has 2 aromatic rings. The third-order valence-corrected chi connectivity index (χ3v) is 4.41. The number of nitrogens with two attached hydrogens (primary N) is 1. The van der Waals surface area contributed by atoms with Gasteiger partial charge in [0.1, 0.15) is 6.10 Å². The van der Waals surface area contributed by atoms with Gasteiger partial charge in [0.25, 0.3) is 5.56 Å². The quantitative estimate of drug-likeness (QED) is 0.334. The molecule has 3 atom stereocenters. The van der Waals surface area contributed by atoms with E-state index in [4.69, 9.17) is 10.5 Å². The van der Waals surface area contributed by atoms with E-state index >= 15 is 0 Å². The summed E-state index contributed by atoms with van der Waals surface area (Å²) in [5, 5.41) is 9.47. The van der Waals surface area contributed by atoms with Gasteiger partial charge in [0.15, 0.2) is 17.0 Å². The highest BCUT2D eigenvalue weighted by atomic mass is 31.2. The monoisotopic (exact) mass is 343 g/mol. The molecule has 0 saturated carbocycles. The summed E-state index contributed by atoms with van der Waals surface area (Å²) in [4.78, 5) is 40.4. The Morgan fingerprint density at radius 3 is 2.83 bits per heavy atom. The van der Waals surface area contributed by atoms with Crippen molar-refractivity contribution in [3.05, 3.63) is 28.8 Å². The first-order valence-electron chi connectivity index (χ1n) is 6.53. The predicted molar refractivity (Wildman–Crippen MR) is 78.5 cm³/mol. The molecule has 0 amide bonds. The fourth-order valence-electron chi connectivity index (χ4n) is 2.41. The van der Waals surface area contributed by atoms with E-state index in [1.165, 1.54) is 23.0 Å². The third-order valence-electron chi connectivity index (χ3n) is 3.45. The number of rotatable bonds is 3. The van der Waals surface area contributed by atoms with Gasteiger partial charge < -0.3 is 29.9 Å². The number of hydrogen-bond donors (Lipinski definition) is 5. The molecular formula is C11H14N5O6P. The fraction of sp³-hybridized carbons (Fsp3) is 0.364. The zero-order valence-electron chi connectivity index (χ0n) is 11.6. The Bertz CT molecular complexity index is 869. The highest BCUT2D eigenvalue weighted by Gasteiger charge is 2.37.